The predicted octanol–water partition coefficient (Wildman–Crippen LogP) is 6.01. The van der Waals surface area contributed by atoms with Crippen LogP contribution in [0.15, 0.2) is 70.1 Å². The molecule has 0 fully saturated rings. The summed E-state index contributed by atoms with van der Waals surface area (Å²) in [6, 6.07) is 16.7. The molecule has 0 radical (unpaired) electrons. The first kappa shape index (κ1) is 21.2. The summed E-state index contributed by atoms with van der Waals surface area (Å²) in [5.74, 6) is 0.795. The minimum Gasteiger partial charge on any atom is -0.399 e. The number of nitrogens with zero attached hydrogens (tertiary/aromatic N) is 3. The second-order valence-electron chi connectivity index (χ2n) is 8.90. The second-order valence-corrected chi connectivity index (χ2v) is 10.1. The Kier molecular flexibility index (Phi) is 6.28. The van der Waals surface area contributed by atoms with Gasteiger partial charge in [-0.15, -0.1) is 0 Å². The summed E-state index contributed by atoms with van der Waals surface area (Å²) in [7, 11) is 0. The van der Waals surface area contributed by atoms with Gasteiger partial charge >= 0.3 is 0 Å². The van der Waals surface area contributed by atoms with Crippen molar-refractivity contribution in [2.45, 2.75) is 50.5 Å². The molecule has 32 heavy (non-hydrogen) atoms. The molecule has 0 unspecified atom stereocenters. The molecule has 0 amide bonds. The summed E-state index contributed by atoms with van der Waals surface area (Å²) in [6.45, 7) is 5.20. The maximum atomic E-state index is 5.81. The van der Waals surface area contributed by atoms with Crippen LogP contribution in [0, 0.1) is 6.92 Å². The molecule has 0 bridgehead atoms. The number of aryl methyl sites for hydroxylation is 1. The Labute approximate surface area is 195 Å². The topological polar surface area (TPSA) is 55.0 Å². The molecule has 3 aromatic rings. The van der Waals surface area contributed by atoms with Gasteiger partial charge < -0.3 is 5.73 Å². The van der Waals surface area contributed by atoms with E-state index in [9.17, 15) is 0 Å². The number of thioether (sulfide) groups is 1. The van der Waals surface area contributed by atoms with Gasteiger partial charge in [-0.3, -0.25) is 4.90 Å². The van der Waals surface area contributed by atoms with Crippen LogP contribution in [0.3, 0.4) is 0 Å². The standard InChI is InChI=1S/C27H30N4S/c1-19-6-12-24(13-7-19)32-26-5-3-2-4-21(26)17-31-15-14-25-22(18-31)16-29-27(30-25)20-8-10-23(28)11-9-20/h6-13,16H,2-5,14-15,17-18,28H2,1H3. The van der Waals surface area contributed by atoms with Crippen LogP contribution < -0.4 is 5.73 Å². The number of rotatable bonds is 5. The van der Waals surface area contributed by atoms with Crippen LogP contribution in [0.4, 0.5) is 5.69 Å². The number of aromatic nitrogens is 2. The summed E-state index contributed by atoms with van der Waals surface area (Å²) >= 11 is 1.98. The monoisotopic (exact) mass is 442 g/mol. The van der Waals surface area contributed by atoms with Crippen molar-refractivity contribution >= 4 is 17.4 Å². The van der Waals surface area contributed by atoms with Crippen LogP contribution in [0.1, 0.15) is 42.5 Å². The Balaban J connectivity index is 1.30. The molecule has 0 atom stereocenters. The fourth-order valence-electron chi connectivity index (χ4n) is 4.53. The predicted molar refractivity (Wildman–Crippen MR) is 133 cm³/mol. The summed E-state index contributed by atoms with van der Waals surface area (Å²) < 4.78 is 0. The van der Waals surface area contributed by atoms with Crippen molar-refractivity contribution in [1.29, 1.82) is 0 Å². The normalized spacial score (nSPS) is 16.8. The Morgan fingerprint density at radius 1 is 0.969 bits per heavy atom. The molecule has 0 spiro atoms. The zero-order chi connectivity index (χ0) is 21.9. The van der Waals surface area contributed by atoms with Crippen molar-refractivity contribution in [2.24, 2.45) is 0 Å². The zero-order valence-corrected chi connectivity index (χ0v) is 19.5. The van der Waals surface area contributed by atoms with Gasteiger partial charge in [-0.25, -0.2) is 9.97 Å². The molecule has 1 aliphatic heterocycles. The number of allylic oxidation sites excluding steroid dienone is 1. The largest absolute Gasteiger partial charge is 0.399 e. The van der Waals surface area contributed by atoms with Gasteiger partial charge in [0, 0.05) is 54.0 Å². The minimum absolute atomic E-state index is 0.763. The molecule has 1 aliphatic carbocycles. The van der Waals surface area contributed by atoms with Gasteiger partial charge in [0.15, 0.2) is 5.82 Å². The average molecular weight is 443 g/mol. The van der Waals surface area contributed by atoms with E-state index >= 15 is 0 Å². The van der Waals surface area contributed by atoms with Crippen molar-refractivity contribution in [3.05, 3.63) is 82.0 Å². The molecule has 4 nitrogen and oxygen atoms in total. The first-order chi connectivity index (χ1) is 15.6. The zero-order valence-electron chi connectivity index (χ0n) is 18.7. The maximum Gasteiger partial charge on any atom is 0.159 e. The van der Waals surface area contributed by atoms with Gasteiger partial charge in [0.1, 0.15) is 0 Å². The number of hydrogen-bond donors (Lipinski definition) is 1. The van der Waals surface area contributed by atoms with E-state index in [1.165, 1.54) is 47.4 Å². The van der Waals surface area contributed by atoms with Crippen molar-refractivity contribution < 1.29 is 0 Å². The molecule has 2 aliphatic rings. The van der Waals surface area contributed by atoms with E-state index in [1.807, 2.05) is 42.2 Å². The van der Waals surface area contributed by atoms with Crippen molar-refractivity contribution in [3.63, 3.8) is 0 Å². The summed E-state index contributed by atoms with van der Waals surface area (Å²) in [5, 5.41) is 0. The number of nitrogen functional groups attached to an aromatic ring is 1. The molecule has 1 aromatic heterocycles. The van der Waals surface area contributed by atoms with E-state index in [-0.39, 0.29) is 0 Å². The maximum absolute atomic E-state index is 5.81. The molecule has 0 saturated heterocycles. The minimum atomic E-state index is 0.763. The summed E-state index contributed by atoms with van der Waals surface area (Å²) in [6.07, 6.45) is 8.06. The van der Waals surface area contributed by atoms with Crippen molar-refractivity contribution in [2.75, 3.05) is 18.8 Å². The number of benzene rings is 2. The smallest absolute Gasteiger partial charge is 0.159 e. The van der Waals surface area contributed by atoms with Crippen LogP contribution in [0.5, 0.6) is 0 Å². The van der Waals surface area contributed by atoms with Crippen LogP contribution in [-0.2, 0) is 13.0 Å². The van der Waals surface area contributed by atoms with Crippen LogP contribution in [-0.4, -0.2) is 28.0 Å². The number of hydrogen-bond acceptors (Lipinski definition) is 5. The Morgan fingerprint density at radius 3 is 2.56 bits per heavy atom. The third kappa shape index (κ3) is 4.89. The Bertz CT molecular complexity index is 1120. The van der Waals surface area contributed by atoms with E-state index < -0.39 is 0 Å². The van der Waals surface area contributed by atoms with E-state index in [2.05, 4.69) is 41.1 Å². The highest BCUT2D eigenvalue weighted by molar-refractivity contribution is 8.03. The lowest BCUT2D eigenvalue weighted by molar-refractivity contribution is 0.268. The lowest BCUT2D eigenvalue weighted by Gasteiger charge is -2.31. The lowest BCUT2D eigenvalue weighted by atomic mass is 9.97. The fourth-order valence-corrected chi connectivity index (χ4v) is 5.64. The lowest BCUT2D eigenvalue weighted by Crippen LogP contribution is -2.33. The quantitative estimate of drug-likeness (QED) is 0.490. The second kappa shape index (κ2) is 9.47. The average Bonchev–Trinajstić information content (AvgIpc) is 2.82. The van der Waals surface area contributed by atoms with Gasteiger partial charge in [-0.1, -0.05) is 29.5 Å². The van der Waals surface area contributed by atoms with Gasteiger partial charge in [0.2, 0.25) is 0 Å². The number of fused-ring (bicyclic) bond motifs is 1. The molecule has 0 saturated carbocycles. The van der Waals surface area contributed by atoms with E-state index in [0.717, 1.165) is 43.1 Å². The van der Waals surface area contributed by atoms with E-state index in [1.54, 1.807) is 10.5 Å². The molecule has 164 valence electrons. The van der Waals surface area contributed by atoms with Gasteiger partial charge in [-0.05, 0) is 79.5 Å². The molecule has 2 aromatic carbocycles. The molecule has 5 rings (SSSR count). The first-order valence-electron chi connectivity index (χ1n) is 11.5. The van der Waals surface area contributed by atoms with Crippen molar-refractivity contribution in [1.82, 2.24) is 14.9 Å². The fraction of sp³-hybridized carbons (Fsp3) is 0.333. The highest BCUT2D eigenvalue weighted by atomic mass is 32.2. The van der Waals surface area contributed by atoms with Crippen LogP contribution in [0.2, 0.25) is 0 Å². The molecule has 5 heteroatoms. The molecule has 2 heterocycles. The molecule has 2 N–H and O–H groups in total. The highest BCUT2D eigenvalue weighted by Gasteiger charge is 2.22. The first-order valence-corrected chi connectivity index (χ1v) is 12.3. The van der Waals surface area contributed by atoms with Crippen LogP contribution >= 0.6 is 11.8 Å². The third-order valence-corrected chi connectivity index (χ3v) is 7.63. The number of nitrogens with two attached hydrogens (primary N) is 1. The van der Waals surface area contributed by atoms with Gasteiger partial charge in [0.25, 0.3) is 0 Å². The summed E-state index contributed by atoms with van der Waals surface area (Å²) in [5.41, 5.74) is 13.0. The van der Waals surface area contributed by atoms with Gasteiger partial charge in [0.05, 0.1) is 5.69 Å². The van der Waals surface area contributed by atoms with Crippen molar-refractivity contribution in [3.8, 4) is 11.4 Å². The Hall–Kier alpha value is -2.63. The number of anilines is 1. The molecular formula is C27H30N4S. The SMILES string of the molecule is Cc1ccc(SC2=C(CN3CCc4nc(-c5ccc(N)cc5)ncc4C3)CCCC2)cc1. The van der Waals surface area contributed by atoms with E-state index in [0.29, 0.717) is 0 Å². The third-order valence-electron chi connectivity index (χ3n) is 6.39. The Morgan fingerprint density at radius 2 is 1.75 bits per heavy atom. The highest BCUT2D eigenvalue weighted by Crippen LogP contribution is 2.38. The molecular weight excluding hydrogens is 412 g/mol. The van der Waals surface area contributed by atoms with Crippen LogP contribution in [0.25, 0.3) is 11.4 Å². The van der Waals surface area contributed by atoms with E-state index in [4.69, 9.17) is 10.7 Å². The van der Waals surface area contributed by atoms with Gasteiger partial charge in [-0.2, -0.15) is 0 Å². The summed E-state index contributed by atoms with van der Waals surface area (Å²) in [4.78, 5) is 15.1.